The summed E-state index contributed by atoms with van der Waals surface area (Å²) in [5, 5.41) is 11.5. The van der Waals surface area contributed by atoms with E-state index in [1.807, 2.05) is 24.4 Å². The van der Waals surface area contributed by atoms with Crippen molar-refractivity contribution < 1.29 is 9.59 Å². The summed E-state index contributed by atoms with van der Waals surface area (Å²) < 4.78 is 2.05. The average Bonchev–Trinajstić information content (AvgIpc) is 3.18. The summed E-state index contributed by atoms with van der Waals surface area (Å²) in [6, 6.07) is 12.9. The van der Waals surface area contributed by atoms with Gasteiger partial charge in [-0.2, -0.15) is 0 Å². The molecule has 0 saturated carbocycles. The molecule has 2 amide bonds. The van der Waals surface area contributed by atoms with E-state index in [-0.39, 0.29) is 11.8 Å². The van der Waals surface area contributed by atoms with Crippen LogP contribution in [0.2, 0.25) is 0 Å². The number of aromatic nitrogens is 3. The Morgan fingerprint density at radius 3 is 2.50 bits per heavy atom. The molecule has 0 aliphatic carbocycles. The van der Waals surface area contributed by atoms with Crippen LogP contribution in [0.5, 0.6) is 0 Å². The van der Waals surface area contributed by atoms with Gasteiger partial charge in [-0.25, -0.2) is 0 Å². The van der Waals surface area contributed by atoms with Gasteiger partial charge in [0.1, 0.15) is 5.82 Å². The number of hydrogen-bond acceptors (Lipinski definition) is 5. The summed E-state index contributed by atoms with van der Waals surface area (Å²) in [5.41, 5.74) is 2.16. The number of rotatable bonds is 5. The second-order valence-corrected chi connectivity index (χ2v) is 7.86. The fraction of sp³-hybridized carbons (Fsp3) is 0.364. The maximum Gasteiger partial charge on any atom is 0.253 e. The van der Waals surface area contributed by atoms with Crippen LogP contribution in [-0.4, -0.2) is 69.9 Å². The number of hydrogen-bond donors (Lipinski definition) is 1. The molecule has 2 aromatic heterocycles. The largest absolute Gasteiger partial charge is 0.345 e. The SMILES string of the molecule is CN(C)C(=O)c1ccc(NC(=O)CN2CCC(c3nnc4ccccn34)CC2)cc1. The second kappa shape index (κ2) is 8.62. The van der Waals surface area contributed by atoms with Gasteiger partial charge in [0.05, 0.1) is 6.54 Å². The van der Waals surface area contributed by atoms with Gasteiger partial charge in [0.2, 0.25) is 5.91 Å². The molecule has 3 aromatic rings. The molecule has 8 nitrogen and oxygen atoms in total. The Balaban J connectivity index is 1.29. The highest BCUT2D eigenvalue weighted by atomic mass is 16.2. The van der Waals surface area contributed by atoms with Gasteiger partial charge < -0.3 is 10.2 Å². The number of anilines is 1. The van der Waals surface area contributed by atoms with Crippen molar-refractivity contribution >= 4 is 23.1 Å². The summed E-state index contributed by atoms with van der Waals surface area (Å²) in [6.07, 6.45) is 3.90. The standard InChI is InChI=1S/C22H26N6O2/c1-26(2)22(30)17-6-8-18(9-7-17)23-20(29)15-27-13-10-16(11-14-27)21-25-24-19-5-3-4-12-28(19)21/h3-9,12,16H,10-11,13-15H2,1-2H3,(H,23,29). The predicted molar refractivity (Wildman–Crippen MR) is 114 cm³/mol. The van der Waals surface area contributed by atoms with E-state index < -0.39 is 0 Å². The number of amides is 2. The Kier molecular flexibility index (Phi) is 5.76. The molecule has 0 spiro atoms. The zero-order chi connectivity index (χ0) is 21.1. The zero-order valence-corrected chi connectivity index (χ0v) is 17.3. The van der Waals surface area contributed by atoms with Crippen molar-refractivity contribution in [3.05, 3.63) is 60.0 Å². The molecule has 1 N–H and O–H groups in total. The molecule has 8 heteroatoms. The highest BCUT2D eigenvalue weighted by Gasteiger charge is 2.25. The molecule has 1 aromatic carbocycles. The zero-order valence-electron chi connectivity index (χ0n) is 17.3. The number of nitrogens with zero attached hydrogens (tertiary/aromatic N) is 5. The van der Waals surface area contributed by atoms with Crippen molar-refractivity contribution in [3.8, 4) is 0 Å². The van der Waals surface area contributed by atoms with Crippen LogP contribution in [0.3, 0.4) is 0 Å². The number of carbonyl (C=O) groups is 2. The summed E-state index contributed by atoms with van der Waals surface area (Å²) in [6.45, 7) is 2.04. The van der Waals surface area contributed by atoms with Gasteiger partial charge in [-0.1, -0.05) is 6.07 Å². The first kappa shape index (κ1) is 20.0. The minimum Gasteiger partial charge on any atom is -0.345 e. The molecule has 0 unspecified atom stereocenters. The lowest BCUT2D eigenvalue weighted by atomic mass is 9.96. The molecule has 0 radical (unpaired) electrons. The number of carbonyl (C=O) groups excluding carboxylic acids is 2. The molecule has 3 heterocycles. The van der Waals surface area contributed by atoms with E-state index in [4.69, 9.17) is 0 Å². The predicted octanol–water partition coefficient (Wildman–Crippen LogP) is 2.25. The number of benzene rings is 1. The Morgan fingerprint density at radius 1 is 1.07 bits per heavy atom. The van der Waals surface area contributed by atoms with Crippen molar-refractivity contribution in [2.75, 3.05) is 39.0 Å². The molecular formula is C22H26N6O2. The lowest BCUT2D eigenvalue weighted by Gasteiger charge is -2.30. The van der Waals surface area contributed by atoms with E-state index in [1.54, 1.807) is 38.4 Å². The van der Waals surface area contributed by atoms with Crippen LogP contribution >= 0.6 is 0 Å². The summed E-state index contributed by atoms with van der Waals surface area (Å²) in [7, 11) is 3.43. The van der Waals surface area contributed by atoms with Gasteiger partial charge in [-0.05, 0) is 62.3 Å². The van der Waals surface area contributed by atoms with E-state index in [1.165, 1.54) is 4.90 Å². The third kappa shape index (κ3) is 4.33. The molecule has 0 atom stereocenters. The van der Waals surface area contributed by atoms with Crippen LogP contribution < -0.4 is 5.32 Å². The van der Waals surface area contributed by atoms with Crippen LogP contribution in [0, 0.1) is 0 Å². The van der Waals surface area contributed by atoms with Crippen LogP contribution in [0.25, 0.3) is 5.65 Å². The Morgan fingerprint density at radius 2 is 1.80 bits per heavy atom. The number of piperidine rings is 1. The highest BCUT2D eigenvalue weighted by molar-refractivity contribution is 5.96. The van der Waals surface area contributed by atoms with Crippen molar-refractivity contribution in [2.24, 2.45) is 0 Å². The fourth-order valence-corrected chi connectivity index (χ4v) is 3.85. The van der Waals surface area contributed by atoms with Gasteiger partial charge in [0.25, 0.3) is 5.91 Å². The second-order valence-electron chi connectivity index (χ2n) is 7.86. The number of nitrogens with one attached hydrogen (secondary N) is 1. The average molecular weight is 406 g/mol. The molecule has 156 valence electrons. The van der Waals surface area contributed by atoms with E-state index in [0.717, 1.165) is 37.4 Å². The Labute approximate surface area is 175 Å². The third-order valence-corrected chi connectivity index (χ3v) is 5.48. The fourth-order valence-electron chi connectivity index (χ4n) is 3.85. The van der Waals surface area contributed by atoms with Crippen LogP contribution in [0.1, 0.15) is 34.9 Å². The normalized spacial score (nSPS) is 15.3. The minimum absolute atomic E-state index is 0.0481. The van der Waals surface area contributed by atoms with Crippen molar-refractivity contribution in [1.82, 2.24) is 24.4 Å². The van der Waals surface area contributed by atoms with Crippen molar-refractivity contribution in [2.45, 2.75) is 18.8 Å². The first-order valence-corrected chi connectivity index (χ1v) is 10.1. The van der Waals surface area contributed by atoms with Crippen LogP contribution in [0.15, 0.2) is 48.7 Å². The highest BCUT2D eigenvalue weighted by Crippen LogP contribution is 2.27. The molecule has 1 fully saturated rings. The number of pyridine rings is 1. The topological polar surface area (TPSA) is 82.8 Å². The van der Waals surface area contributed by atoms with Gasteiger partial charge in [-0.15, -0.1) is 10.2 Å². The van der Waals surface area contributed by atoms with Gasteiger partial charge >= 0.3 is 0 Å². The van der Waals surface area contributed by atoms with Gasteiger partial charge in [-0.3, -0.25) is 18.9 Å². The third-order valence-electron chi connectivity index (χ3n) is 5.48. The summed E-state index contributed by atoms with van der Waals surface area (Å²) >= 11 is 0. The quantitative estimate of drug-likeness (QED) is 0.703. The molecule has 4 rings (SSSR count). The number of fused-ring (bicyclic) bond motifs is 1. The van der Waals surface area contributed by atoms with Crippen LogP contribution in [0.4, 0.5) is 5.69 Å². The number of likely N-dealkylation sites (tertiary alicyclic amines) is 1. The Bertz CT molecular complexity index is 1040. The summed E-state index contributed by atoms with van der Waals surface area (Å²) in [5.74, 6) is 1.25. The van der Waals surface area contributed by atoms with E-state index in [9.17, 15) is 9.59 Å². The summed E-state index contributed by atoms with van der Waals surface area (Å²) in [4.78, 5) is 28.1. The molecule has 0 bridgehead atoms. The maximum atomic E-state index is 12.4. The molecular weight excluding hydrogens is 380 g/mol. The lowest BCUT2D eigenvalue weighted by Crippen LogP contribution is -2.39. The smallest absolute Gasteiger partial charge is 0.253 e. The van der Waals surface area contributed by atoms with Gasteiger partial charge in [0, 0.05) is 37.5 Å². The van der Waals surface area contributed by atoms with Crippen LogP contribution in [-0.2, 0) is 4.79 Å². The monoisotopic (exact) mass is 406 g/mol. The lowest BCUT2D eigenvalue weighted by molar-refractivity contribution is -0.117. The molecule has 1 saturated heterocycles. The first-order valence-electron chi connectivity index (χ1n) is 10.1. The molecule has 1 aliphatic heterocycles. The van der Waals surface area contributed by atoms with E-state index >= 15 is 0 Å². The molecule has 1 aliphatic rings. The maximum absolute atomic E-state index is 12.4. The van der Waals surface area contributed by atoms with E-state index in [2.05, 4.69) is 24.8 Å². The minimum atomic E-state index is -0.0591. The van der Waals surface area contributed by atoms with E-state index in [0.29, 0.717) is 23.7 Å². The van der Waals surface area contributed by atoms with Crippen molar-refractivity contribution in [3.63, 3.8) is 0 Å². The Hall–Kier alpha value is -3.26. The van der Waals surface area contributed by atoms with Gasteiger partial charge in [0.15, 0.2) is 5.65 Å². The van der Waals surface area contributed by atoms with Crippen molar-refractivity contribution in [1.29, 1.82) is 0 Å². The first-order chi connectivity index (χ1) is 14.5. The molecule has 30 heavy (non-hydrogen) atoms.